The number of amides is 2. The monoisotopic (exact) mass is 364 g/mol. The summed E-state index contributed by atoms with van der Waals surface area (Å²) in [6.45, 7) is 5.30. The standard InChI is InChI=1S/C23H28N2O2/c1-3-20-11-7-8-17(2)21(20)24-22(26)23(27)25-14-12-19(13-15-25)16-18-9-5-4-6-10-18/h4-11,19H,3,12-16H2,1-2H3,(H,24,26). The Morgan fingerprint density at radius 1 is 1.04 bits per heavy atom. The Kier molecular flexibility index (Phi) is 6.28. The van der Waals surface area contributed by atoms with Crippen LogP contribution in [0.5, 0.6) is 0 Å². The normalized spacial score (nSPS) is 14.8. The van der Waals surface area contributed by atoms with Crippen LogP contribution in [0.25, 0.3) is 0 Å². The lowest BCUT2D eigenvalue weighted by atomic mass is 9.90. The van der Waals surface area contributed by atoms with Crippen LogP contribution in [0.1, 0.15) is 36.5 Å². The minimum absolute atomic E-state index is 0.418. The molecule has 1 N–H and O–H groups in total. The van der Waals surface area contributed by atoms with E-state index in [-0.39, 0.29) is 0 Å². The number of benzene rings is 2. The molecule has 2 aromatic carbocycles. The minimum Gasteiger partial charge on any atom is -0.334 e. The molecule has 0 radical (unpaired) electrons. The third-order valence-corrected chi connectivity index (χ3v) is 5.44. The Hall–Kier alpha value is -2.62. The van der Waals surface area contributed by atoms with Crippen LogP contribution in [0.4, 0.5) is 5.69 Å². The fourth-order valence-corrected chi connectivity index (χ4v) is 3.80. The Morgan fingerprint density at radius 3 is 2.41 bits per heavy atom. The van der Waals surface area contributed by atoms with Gasteiger partial charge in [-0.15, -0.1) is 0 Å². The number of nitrogens with zero attached hydrogens (tertiary/aromatic N) is 1. The number of piperidine rings is 1. The zero-order valence-corrected chi connectivity index (χ0v) is 16.2. The van der Waals surface area contributed by atoms with Crippen LogP contribution in [-0.2, 0) is 22.4 Å². The predicted molar refractivity (Wildman–Crippen MR) is 109 cm³/mol. The van der Waals surface area contributed by atoms with Crippen molar-refractivity contribution >= 4 is 17.5 Å². The van der Waals surface area contributed by atoms with Gasteiger partial charge in [-0.2, -0.15) is 0 Å². The predicted octanol–water partition coefficient (Wildman–Crippen LogP) is 3.98. The van der Waals surface area contributed by atoms with E-state index in [0.717, 1.165) is 42.5 Å². The van der Waals surface area contributed by atoms with E-state index in [0.29, 0.717) is 19.0 Å². The molecular formula is C23H28N2O2. The average Bonchev–Trinajstić information content (AvgIpc) is 2.70. The van der Waals surface area contributed by atoms with Crippen molar-refractivity contribution in [1.82, 2.24) is 4.90 Å². The molecule has 0 unspecified atom stereocenters. The first-order chi connectivity index (χ1) is 13.1. The number of rotatable bonds is 4. The third-order valence-electron chi connectivity index (χ3n) is 5.44. The summed E-state index contributed by atoms with van der Waals surface area (Å²) in [6.07, 6.45) is 3.74. The van der Waals surface area contributed by atoms with Crippen molar-refractivity contribution in [2.24, 2.45) is 5.92 Å². The molecule has 0 spiro atoms. The lowest BCUT2D eigenvalue weighted by Crippen LogP contribution is -2.44. The topological polar surface area (TPSA) is 49.4 Å². The summed E-state index contributed by atoms with van der Waals surface area (Å²) >= 11 is 0. The summed E-state index contributed by atoms with van der Waals surface area (Å²) in [4.78, 5) is 26.8. The largest absolute Gasteiger partial charge is 0.334 e. The van der Waals surface area contributed by atoms with E-state index < -0.39 is 11.8 Å². The van der Waals surface area contributed by atoms with E-state index in [1.807, 2.05) is 38.1 Å². The molecule has 0 atom stereocenters. The molecule has 2 amide bonds. The smallest absolute Gasteiger partial charge is 0.313 e. The van der Waals surface area contributed by atoms with Gasteiger partial charge in [-0.1, -0.05) is 55.5 Å². The Bertz CT molecular complexity index is 793. The van der Waals surface area contributed by atoms with Crippen molar-refractivity contribution in [2.75, 3.05) is 18.4 Å². The number of para-hydroxylation sites is 1. The van der Waals surface area contributed by atoms with Gasteiger partial charge in [-0.25, -0.2) is 0 Å². The van der Waals surface area contributed by atoms with Crippen LogP contribution in [-0.4, -0.2) is 29.8 Å². The second kappa shape index (κ2) is 8.85. The first-order valence-corrected chi connectivity index (χ1v) is 9.81. The molecule has 1 aliphatic heterocycles. The van der Waals surface area contributed by atoms with Crippen molar-refractivity contribution in [1.29, 1.82) is 0 Å². The van der Waals surface area contributed by atoms with Crippen molar-refractivity contribution in [3.8, 4) is 0 Å². The second-order valence-electron chi connectivity index (χ2n) is 7.34. The molecular weight excluding hydrogens is 336 g/mol. The Labute approximate surface area is 161 Å². The van der Waals surface area contributed by atoms with Gasteiger partial charge in [0, 0.05) is 18.8 Å². The second-order valence-corrected chi connectivity index (χ2v) is 7.34. The van der Waals surface area contributed by atoms with E-state index in [1.165, 1.54) is 5.56 Å². The number of carbonyl (C=O) groups is 2. The molecule has 0 aliphatic carbocycles. The van der Waals surface area contributed by atoms with Crippen LogP contribution in [0, 0.1) is 12.8 Å². The quantitative estimate of drug-likeness (QED) is 0.835. The van der Waals surface area contributed by atoms with Crippen molar-refractivity contribution in [2.45, 2.75) is 39.5 Å². The van der Waals surface area contributed by atoms with E-state index in [9.17, 15) is 9.59 Å². The molecule has 2 aromatic rings. The van der Waals surface area contributed by atoms with Gasteiger partial charge in [0.2, 0.25) is 0 Å². The highest BCUT2D eigenvalue weighted by atomic mass is 16.2. The Balaban J connectivity index is 1.55. The van der Waals surface area contributed by atoms with Gasteiger partial charge >= 0.3 is 11.8 Å². The lowest BCUT2D eigenvalue weighted by Gasteiger charge is -2.31. The maximum Gasteiger partial charge on any atom is 0.313 e. The summed E-state index contributed by atoms with van der Waals surface area (Å²) in [5.74, 6) is -0.374. The van der Waals surface area contributed by atoms with Crippen LogP contribution < -0.4 is 5.32 Å². The van der Waals surface area contributed by atoms with E-state index >= 15 is 0 Å². The molecule has 142 valence electrons. The summed E-state index contributed by atoms with van der Waals surface area (Å²) in [7, 11) is 0. The SMILES string of the molecule is CCc1cccc(C)c1NC(=O)C(=O)N1CCC(Cc2ccccc2)CC1. The van der Waals surface area contributed by atoms with Crippen LogP contribution in [0.3, 0.4) is 0 Å². The highest BCUT2D eigenvalue weighted by Gasteiger charge is 2.27. The zero-order valence-electron chi connectivity index (χ0n) is 16.2. The first kappa shape index (κ1) is 19.2. The molecule has 1 saturated heterocycles. The maximum absolute atomic E-state index is 12.6. The number of likely N-dealkylation sites (tertiary alicyclic amines) is 1. The number of hydrogen-bond acceptors (Lipinski definition) is 2. The number of hydrogen-bond donors (Lipinski definition) is 1. The van der Waals surface area contributed by atoms with Crippen molar-refractivity contribution in [3.63, 3.8) is 0 Å². The average molecular weight is 364 g/mol. The van der Waals surface area contributed by atoms with Gasteiger partial charge in [-0.3, -0.25) is 9.59 Å². The highest BCUT2D eigenvalue weighted by molar-refractivity contribution is 6.39. The van der Waals surface area contributed by atoms with Gasteiger partial charge < -0.3 is 10.2 Å². The molecule has 1 heterocycles. The van der Waals surface area contributed by atoms with Crippen LogP contribution in [0.2, 0.25) is 0 Å². The van der Waals surface area contributed by atoms with Gasteiger partial charge in [0.1, 0.15) is 0 Å². The number of aryl methyl sites for hydroxylation is 2. The van der Waals surface area contributed by atoms with E-state index in [1.54, 1.807) is 4.90 Å². The molecule has 4 nitrogen and oxygen atoms in total. The van der Waals surface area contributed by atoms with Crippen molar-refractivity contribution < 1.29 is 9.59 Å². The summed E-state index contributed by atoms with van der Waals surface area (Å²) < 4.78 is 0. The van der Waals surface area contributed by atoms with Crippen molar-refractivity contribution in [3.05, 3.63) is 65.2 Å². The molecule has 0 aromatic heterocycles. The Morgan fingerprint density at radius 2 is 1.74 bits per heavy atom. The highest BCUT2D eigenvalue weighted by Crippen LogP contribution is 2.23. The first-order valence-electron chi connectivity index (χ1n) is 9.81. The minimum atomic E-state index is -0.527. The van der Waals surface area contributed by atoms with Gasteiger partial charge in [0.25, 0.3) is 0 Å². The molecule has 0 bridgehead atoms. The fraction of sp³-hybridized carbons (Fsp3) is 0.391. The zero-order chi connectivity index (χ0) is 19.2. The molecule has 1 aliphatic rings. The van der Waals surface area contributed by atoms with Gasteiger partial charge in [-0.05, 0) is 55.2 Å². The summed E-state index contributed by atoms with van der Waals surface area (Å²) in [5, 5.41) is 2.85. The van der Waals surface area contributed by atoms with Gasteiger partial charge in [0.05, 0.1) is 0 Å². The summed E-state index contributed by atoms with van der Waals surface area (Å²) in [5.41, 5.74) is 4.15. The van der Waals surface area contributed by atoms with Crippen LogP contribution in [0.15, 0.2) is 48.5 Å². The van der Waals surface area contributed by atoms with Gasteiger partial charge in [0.15, 0.2) is 0 Å². The molecule has 0 saturated carbocycles. The summed E-state index contributed by atoms with van der Waals surface area (Å²) in [6, 6.07) is 16.4. The molecule has 27 heavy (non-hydrogen) atoms. The number of anilines is 1. The lowest BCUT2D eigenvalue weighted by molar-refractivity contribution is -0.144. The third kappa shape index (κ3) is 4.76. The maximum atomic E-state index is 12.6. The molecule has 3 rings (SSSR count). The molecule has 1 fully saturated rings. The van der Waals surface area contributed by atoms with Crippen LogP contribution >= 0.6 is 0 Å². The number of carbonyl (C=O) groups excluding carboxylic acids is 2. The molecule has 4 heteroatoms. The fourth-order valence-electron chi connectivity index (χ4n) is 3.80. The van der Waals surface area contributed by atoms with E-state index in [2.05, 4.69) is 29.6 Å². The van der Waals surface area contributed by atoms with E-state index in [4.69, 9.17) is 0 Å². The number of nitrogens with one attached hydrogen (secondary N) is 1.